The van der Waals surface area contributed by atoms with Crippen molar-refractivity contribution in [1.82, 2.24) is 0 Å². The Balaban J connectivity index is 1.96. The lowest BCUT2D eigenvalue weighted by Gasteiger charge is -2.14. The SMILES string of the molecule is OC(c1sccc1Br)c1ccc2c3c(cccc13)CC2. The van der Waals surface area contributed by atoms with Gasteiger partial charge in [0.2, 0.25) is 0 Å². The van der Waals surface area contributed by atoms with Crippen molar-refractivity contribution in [2.24, 2.45) is 0 Å². The second kappa shape index (κ2) is 4.69. The van der Waals surface area contributed by atoms with E-state index in [0.717, 1.165) is 27.8 Å². The average Bonchev–Trinajstić information content (AvgIpc) is 3.07. The van der Waals surface area contributed by atoms with Gasteiger partial charge < -0.3 is 5.11 Å². The first-order chi connectivity index (χ1) is 9.75. The number of thiophene rings is 1. The Labute approximate surface area is 130 Å². The minimum Gasteiger partial charge on any atom is -0.383 e. The van der Waals surface area contributed by atoms with Gasteiger partial charge in [-0.3, -0.25) is 0 Å². The Morgan fingerprint density at radius 1 is 1.05 bits per heavy atom. The fourth-order valence-electron chi connectivity index (χ4n) is 3.15. The predicted molar refractivity (Wildman–Crippen MR) is 87.4 cm³/mol. The highest BCUT2D eigenvalue weighted by atomic mass is 79.9. The summed E-state index contributed by atoms with van der Waals surface area (Å²) in [6.07, 6.45) is 1.68. The van der Waals surface area contributed by atoms with E-state index in [-0.39, 0.29) is 0 Å². The van der Waals surface area contributed by atoms with Crippen molar-refractivity contribution >= 4 is 38.0 Å². The van der Waals surface area contributed by atoms with E-state index in [1.165, 1.54) is 21.9 Å². The molecule has 0 spiro atoms. The van der Waals surface area contributed by atoms with Gasteiger partial charge in [0.25, 0.3) is 0 Å². The summed E-state index contributed by atoms with van der Waals surface area (Å²) in [5, 5.41) is 15.3. The molecule has 1 atom stereocenters. The molecule has 20 heavy (non-hydrogen) atoms. The Kier molecular flexibility index (Phi) is 2.95. The van der Waals surface area contributed by atoms with Crippen molar-refractivity contribution < 1.29 is 5.11 Å². The molecule has 3 heteroatoms. The normalized spacial score (nSPS) is 14.9. The molecule has 4 rings (SSSR count). The van der Waals surface area contributed by atoms with Gasteiger partial charge in [-0.1, -0.05) is 30.3 Å². The van der Waals surface area contributed by atoms with Crippen molar-refractivity contribution in [2.45, 2.75) is 18.9 Å². The first kappa shape index (κ1) is 12.6. The standard InChI is InChI=1S/C17H13BrOS/c18-14-8-9-20-17(14)16(19)13-7-6-11-5-4-10-2-1-3-12(13)15(10)11/h1-3,6-9,16,19H,4-5H2. The molecule has 1 N–H and O–H groups in total. The zero-order chi connectivity index (χ0) is 13.7. The van der Waals surface area contributed by atoms with Crippen LogP contribution < -0.4 is 0 Å². The van der Waals surface area contributed by atoms with Crippen LogP contribution in [-0.4, -0.2) is 5.11 Å². The highest BCUT2D eigenvalue weighted by Gasteiger charge is 2.21. The van der Waals surface area contributed by atoms with Crippen molar-refractivity contribution in [2.75, 3.05) is 0 Å². The van der Waals surface area contributed by atoms with Gasteiger partial charge in [0.15, 0.2) is 0 Å². The molecule has 3 aromatic rings. The summed E-state index contributed by atoms with van der Waals surface area (Å²) in [4.78, 5) is 0.976. The number of hydrogen-bond donors (Lipinski definition) is 1. The Morgan fingerprint density at radius 2 is 1.85 bits per heavy atom. The van der Waals surface area contributed by atoms with Gasteiger partial charge in [-0.15, -0.1) is 11.3 Å². The van der Waals surface area contributed by atoms with E-state index >= 15 is 0 Å². The Hall–Kier alpha value is -1.16. The molecule has 0 radical (unpaired) electrons. The van der Waals surface area contributed by atoms with Crippen LogP contribution in [0.4, 0.5) is 0 Å². The number of halogens is 1. The van der Waals surface area contributed by atoms with Gasteiger partial charge in [-0.05, 0) is 67.7 Å². The molecule has 1 aliphatic rings. The maximum Gasteiger partial charge on any atom is 0.115 e. The zero-order valence-electron chi connectivity index (χ0n) is 10.8. The summed E-state index contributed by atoms with van der Waals surface area (Å²) in [6, 6.07) is 12.7. The molecular formula is C17H13BrOS. The van der Waals surface area contributed by atoms with Crippen molar-refractivity contribution in [3.05, 3.63) is 67.8 Å². The average molecular weight is 345 g/mol. The van der Waals surface area contributed by atoms with Gasteiger partial charge in [-0.25, -0.2) is 0 Å². The third kappa shape index (κ3) is 1.77. The Morgan fingerprint density at radius 3 is 2.60 bits per heavy atom. The molecule has 0 bridgehead atoms. The molecule has 1 aliphatic carbocycles. The third-order valence-electron chi connectivity index (χ3n) is 4.10. The molecule has 100 valence electrons. The van der Waals surface area contributed by atoms with Crippen LogP contribution in [-0.2, 0) is 12.8 Å². The monoisotopic (exact) mass is 344 g/mol. The number of aliphatic hydroxyl groups is 1. The second-order valence-electron chi connectivity index (χ2n) is 5.19. The predicted octanol–water partition coefficient (Wildman–Crippen LogP) is 4.84. The van der Waals surface area contributed by atoms with Crippen LogP contribution in [0.25, 0.3) is 10.8 Å². The number of aryl methyl sites for hydroxylation is 2. The van der Waals surface area contributed by atoms with E-state index in [1.807, 2.05) is 11.4 Å². The quantitative estimate of drug-likeness (QED) is 0.704. The molecule has 0 aliphatic heterocycles. The van der Waals surface area contributed by atoms with Crippen LogP contribution in [0.3, 0.4) is 0 Å². The second-order valence-corrected chi connectivity index (χ2v) is 6.99. The van der Waals surface area contributed by atoms with Crippen LogP contribution >= 0.6 is 27.3 Å². The number of rotatable bonds is 2. The van der Waals surface area contributed by atoms with E-state index in [2.05, 4.69) is 46.3 Å². The molecule has 0 saturated heterocycles. The zero-order valence-corrected chi connectivity index (χ0v) is 13.2. The minimum atomic E-state index is -0.561. The van der Waals surface area contributed by atoms with E-state index in [0.29, 0.717) is 0 Å². The summed E-state index contributed by atoms with van der Waals surface area (Å²) in [7, 11) is 0. The van der Waals surface area contributed by atoms with Crippen molar-refractivity contribution in [3.63, 3.8) is 0 Å². The lowest BCUT2D eigenvalue weighted by atomic mass is 9.96. The third-order valence-corrected chi connectivity index (χ3v) is 6.02. The highest BCUT2D eigenvalue weighted by molar-refractivity contribution is 9.10. The maximum atomic E-state index is 10.7. The molecule has 0 amide bonds. The van der Waals surface area contributed by atoms with Crippen LogP contribution in [0, 0.1) is 0 Å². The largest absolute Gasteiger partial charge is 0.383 e. The molecule has 1 aromatic heterocycles. The van der Waals surface area contributed by atoms with E-state index in [4.69, 9.17) is 0 Å². The van der Waals surface area contributed by atoms with Gasteiger partial charge >= 0.3 is 0 Å². The van der Waals surface area contributed by atoms with E-state index in [1.54, 1.807) is 11.3 Å². The minimum absolute atomic E-state index is 0.561. The highest BCUT2D eigenvalue weighted by Crippen LogP contribution is 2.39. The van der Waals surface area contributed by atoms with Crippen LogP contribution in [0.5, 0.6) is 0 Å². The fraction of sp³-hybridized carbons (Fsp3) is 0.176. The van der Waals surface area contributed by atoms with Crippen molar-refractivity contribution in [3.8, 4) is 0 Å². The first-order valence-electron chi connectivity index (χ1n) is 6.70. The van der Waals surface area contributed by atoms with Gasteiger partial charge in [0.05, 0.1) is 4.88 Å². The molecule has 2 aromatic carbocycles. The number of benzene rings is 2. The maximum absolute atomic E-state index is 10.7. The van der Waals surface area contributed by atoms with Crippen LogP contribution in [0.15, 0.2) is 46.3 Å². The first-order valence-corrected chi connectivity index (χ1v) is 8.37. The summed E-state index contributed by atoms with van der Waals surface area (Å²) < 4.78 is 0.984. The topological polar surface area (TPSA) is 20.2 Å². The number of hydrogen-bond acceptors (Lipinski definition) is 2. The lowest BCUT2D eigenvalue weighted by Crippen LogP contribution is -1.99. The smallest absolute Gasteiger partial charge is 0.115 e. The molecule has 0 fully saturated rings. The van der Waals surface area contributed by atoms with E-state index in [9.17, 15) is 5.11 Å². The summed E-state index contributed by atoms with van der Waals surface area (Å²) in [5.41, 5.74) is 3.84. The summed E-state index contributed by atoms with van der Waals surface area (Å²) >= 11 is 5.11. The van der Waals surface area contributed by atoms with Gasteiger partial charge in [-0.2, -0.15) is 0 Å². The van der Waals surface area contributed by atoms with Gasteiger partial charge in [0, 0.05) is 4.47 Å². The molecular weight excluding hydrogens is 332 g/mol. The van der Waals surface area contributed by atoms with Crippen LogP contribution in [0.1, 0.15) is 27.7 Å². The van der Waals surface area contributed by atoms with Crippen molar-refractivity contribution in [1.29, 1.82) is 0 Å². The Bertz CT molecular complexity index is 796. The van der Waals surface area contributed by atoms with E-state index < -0.39 is 6.10 Å². The fourth-order valence-corrected chi connectivity index (χ4v) is 4.74. The molecule has 0 saturated carbocycles. The summed E-state index contributed by atoms with van der Waals surface area (Å²) in [6.45, 7) is 0. The van der Waals surface area contributed by atoms with Crippen LogP contribution in [0.2, 0.25) is 0 Å². The van der Waals surface area contributed by atoms with Gasteiger partial charge in [0.1, 0.15) is 6.10 Å². The molecule has 1 unspecified atom stereocenters. The molecule has 1 nitrogen and oxygen atoms in total. The lowest BCUT2D eigenvalue weighted by molar-refractivity contribution is 0.225. The summed E-state index contributed by atoms with van der Waals surface area (Å²) in [5.74, 6) is 0. The molecule has 1 heterocycles. The number of aliphatic hydroxyl groups excluding tert-OH is 1.